The Balaban J connectivity index is 1.17. The first-order chi connectivity index (χ1) is 19.6. The molecule has 10 nitrogen and oxygen atoms in total. The minimum atomic E-state index is -3.92. The number of piperazine rings is 1. The summed E-state index contributed by atoms with van der Waals surface area (Å²) in [4.78, 5) is 46.4. The van der Waals surface area contributed by atoms with E-state index in [0.29, 0.717) is 45.4 Å². The van der Waals surface area contributed by atoms with Crippen LogP contribution in [-0.4, -0.2) is 110 Å². The normalized spacial score (nSPS) is 22.5. The number of rotatable bonds is 8. The van der Waals surface area contributed by atoms with Gasteiger partial charge in [-0.05, 0) is 83.3 Å². The lowest BCUT2D eigenvalue weighted by Gasteiger charge is -2.38. The Bertz CT molecular complexity index is 1410. The summed E-state index contributed by atoms with van der Waals surface area (Å²) in [5.74, 6) is -0.259. The molecule has 2 aromatic carbocycles. The zero-order valence-electron chi connectivity index (χ0n) is 23.4. The summed E-state index contributed by atoms with van der Waals surface area (Å²) in [5.41, 5.74) is 0. The Kier molecular flexibility index (Phi) is 9.51. The summed E-state index contributed by atoms with van der Waals surface area (Å²) in [5, 5.41) is 1.76. The van der Waals surface area contributed by atoms with Crippen LogP contribution in [0.25, 0.3) is 10.8 Å². The third-order valence-electron chi connectivity index (χ3n) is 8.43. The molecule has 0 unspecified atom stereocenters. The van der Waals surface area contributed by atoms with Gasteiger partial charge in [0.15, 0.2) is 0 Å². The van der Waals surface area contributed by atoms with Crippen molar-refractivity contribution >= 4 is 61.1 Å². The summed E-state index contributed by atoms with van der Waals surface area (Å²) in [7, 11) is -3.92. The fourth-order valence-corrected chi connectivity index (χ4v) is 7.91. The van der Waals surface area contributed by atoms with Crippen LogP contribution >= 0.6 is 22.6 Å². The lowest BCUT2D eigenvalue weighted by Crippen LogP contribution is -2.56. The number of sulfonamides is 1. The van der Waals surface area contributed by atoms with Gasteiger partial charge in [-0.25, -0.2) is 8.42 Å². The molecule has 0 aliphatic carbocycles. The molecule has 5 rings (SSSR count). The molecule has 3 fully saturated rings. The van der Waals surface area contributed by atoms with Crippen LogP contribution < -0.4 is 4.72 Å². The molecule has 0 bridgehead atoms. The van der Waals surface area contributed by atoms with Gasteiger partial charge in [0.05, 0.1) is 11.4 Å². The van der Waals surface area contributed by atoms with Crippen LogP contribution in [0.1, 0.15) is 39.0 Å². The van der Waals surface area contributed by atoms with Crippen LogP contribution in [0, 0.1) is 3.57 Å². The number of nitrogens with zero attached hydrogens (tertiary/aromatic N) is 4. The second-order valence-corrected chi connectivity index (χ2v) is 14.1. The predicted molar refractivity (Wildman–Crippen MR) is 165 cm³/mol. The molecule has 3 saturated heterocycles. The molecule has 0 spiro atoms. The quantitative estimate of drug-likeness (QED) is 0.425. The fourth-order valence-electron chi connectivity index (χ4n) is 6.13. The number of carbonyl (C=O) groups is 3. The number of hydrogen-bond acceptors (Lipinski definition) is 6. The smallest absolute Gasteiger partial charge is 0.242 e. The highest BCUT2D eigenvalue weighted by atomic mass is 127. The number of halogens is 1. The van der Waals surface area contributed by atoms with Crippen molar-refractivity contribution in [1.82, 2.24) is 24.3 Å². The summed E-state index contributed by atoms with van der Waals surface area (Å²) < 4.78 is 30.1. The van der Waals surface area contributed by atoms with Gasteiger partial charge in [-0.1, -0.05) is 19.1 Å². The molecule has 3 heterocycles. The molecule has 2 aromatic rings. The van der Waals surface area contributed by atoms with Crippen LogP contribution in [0.5, 0.6) is 0 Å². The van der Waals surface area contributed by atoms with Gasteiger partial charge in [0, 0.05) is 61.8 Å². The Morgan fingerprint density at radius 3 is 2.39 bits per heavy atom. The Labute approximate surface area is 255 Å². The highest BCUT2D eigenvalue weighted by Crippen LogP contribution is 2.24. The Morgan fingerprint density at radius 2 is 1.63 bits per heavy atom. The van der Waals surface area contributed by atoms with E-state index < -0.39 is 16.1 Å². The molecular weight excluding hydrogens is 657 g/mol. The van der Waals surface area contributed by atoms with Crippen molar-refractivity contribution in [2.75, 3.05) is 52.4 Å². The lowest BCUT2D eigenvalue weighted by atomic mass is 10.1. The highest BCUT2D eigenvalue weighted by Gasteiger charge is 2.36. The first-order valence-electron chi connectivity index (χ1n) is 14.4. The minimum Gasteiger partial charge on any atom is -0.340 e. The molecule has 0 radical (unpaired) electrons. The van der Waals surface area contributed by atoms with Crippen LogP contribution in [0.2, 0.25) is 0 Å². The van der Waals surface area contributed by atoms with E-state index in [9.17, 15) is 22.8 Å². The molecule has 1 N–H and O–H groups in total. The average molecular weight is 696 g/mol. The zero-order chi connectivity index (χ0) is 29.1. The Hall–Kier alpha value is -2.29. The predicted octanol–water partition coefficient (Wildman–Crippen LogP) is 2.26. The van der Waals surface area contributed by atoms with Crippen LogP contribution in [-0.2, 0) is 24.4 Å². The monoisotopic (exact) mass is 695 g/mol. The third kappa shape index (κ3) is 7.03. The summed E-state index contributed by atoms with van der Waals surface area (Å²) in [6.45, 7) is 6.73. The number of hydrogen-bond donors (Lipinski definition) is 1. The molecular formula is C29H38IN5O5S. The number of nitrogens with one attached hydrogen (secondary N) is 1. The zero-order valence-corrected chi connectivity index (χ0v) is 26.4. The van der Waals surface area contributed by atoms with Gasteiger partial charge in [-0.2, -0.15) is 4.72 Å². The second-order valence-electron chi connectivity index (χ2n) is 11.1. The van der Waals surface area contributed by atoms with E-state index in [1.807, 2.05) is 34.9 Å². The second kappa shape index (κ2) is 12.9. The van der Waals surface area contributed by atoms with Gasteiger partial charge in [0.1, 0.15) is 6.04 Å². The SMILES string of the molecule is CCC(=O)N1CCN(C[C@@H]2CCCN2C(=O)CN2CCC[C@H](NS(=O)(=O)c3ccc4cc(I)ccc4c3)C2=O)CC1. The van der Waals surface area contributed by atoms with E-state index in [1.165, 1.54) is 4.90 Å². The number of piperidine rings is 1. The Morgan fingerprint density at radius 1 is 0.927 bits per heavy atom. The summed E-state index contributed by atoms with van der Waals surface area (Å²) in [6, 6.07) is 9.94. The van der Waals surface area contributed by atoms with E-state index in [-0.39, 0.29) is 35.2 Å². The first-order valence-corrected chi connectivity index (χ1v) is 17.0. The molecule has 3 aliphatic heterocycles. The fraction of sp³-hybridized carbons (Fsp3) is 0.552. The van der Waals surface area contributed by atoms with Gasteiger partial charge >= 0.3 is 0 Å². The van der Waals surface area contributed by atoms with Crippen molar-refractivity contribution in [3.05, 3.63) is 40.0 Å². The van der Waals surface area contributed by atoms with Crippen molar-refractivity contribution < 1.29 is 22.8 Å². The number of amides is 3. The maximum atomic E-state index is 13.4. The molecule has 2 atom stereocenters. The first kappa shape index (κ1) is 30.2. The topological polar surface area (TPSA) is 110 Å². The number of benzene rings is 2. The largest absolute Gasteiger partial charge is 0.340 e. The van der Waals surface area contributed by atoms with Crippen molar-refractivity contribution in [1.29, 1.82) is 0 Å². The van der Waals surface area contributed by atoms with Crippen molar-refractivity contribution in [2.45, 2.75) is 56.0 Å². The van der Waals surface area contributed by atoms with E-state index in [2.05, 4.69) is 32.2 Å². The molecule has 222 valence electrons. The van der Waals surface area contributed by atoms with Gasteiger partial charge in [-0.15, -0.1) is 0 Å². The highest BCUT2D eigenvalue weighted by molar-refractivity contribution is 14.1. The standard InChI is InChI=1S/C29H38IN5O5S/c1-2-27(36)33-15-13-32(14-16-33)19-24-5-3-12-35(24)28(37)20-34-11-4-6-26(29(34)38)31-41(39,40)25-10-8-21-17-23(30)9-7-22(21)18-25/h7-10,17-18,24,26,31H,2-6,11-16,19-20H2,1H3/t24-,26-/m0/s1. The molecule has 3 aliphatic rings. The van der Waals surface area contributed by atoms with Gasteiger partial charge in [0.2, 0.25) is 27.7 Å². The maximum absolute atomic E-state index is 13.4. The molecule has 12 heteroatoms. The average Bonchev–Trinajstić information content (AvgIpc) is 3.43. The minimum absolute atomic E-state index is 0.0407. The molecule has 3 amide bonds. The van der Waals surface area contributed by atoms with E-state index >= 15 is 0 Å². The maximum Gasteiger partial charge on any atom is 0.242 e. The summed E-state index contributed by atoms with van der Waals surface area (Å²) in [6.07, 6.45) is 3.37. The molecule has 0 aromatic heterocycles. The van der Waals surface area contributed by atoms with Crippen molar-refractivity contribution in [3.63, 3.8) is 0 Å². The van der Waals surface area contributed by atoms with Gasteiger partial charge < -0.3 is 14.7 Å². The number of fused-ring (bicyclic) bond motifs is 1. The number of carbonyl (C=O) groups excluding carboxylic acids is 3. The molecule has 41 heavy (non-hydrogen) atoms. The van der Waals surface area contributed by atoms with Crippen molar-refractivity contribution in [3.8, 4) is 0 Å². The van der Waals surface area contributed by atoms with Crippen LogP contribution in [0.3, 0.4) is 0 Å². The number of likely N-dealkylation sites (tertiary alicyclic amines) is 2. The van der Waals surface area contributed by atoms with Gasteiger partial charge in [-0.3, -0.25) is 19.3 Å². The van der Waals surface area contributed by atoms with E-state index in [4.69, 9.17) is 0 Å². The van der Waals surface area contributed by atoms with Crippen LogP contribution in [0.4, 0.5) is 0 Å². The third-order valence-corrected chi connectivity index (χ3v) is 10.6. The lowest BCUT2D eigenvalue weighted by molar-refractivity contribution is -0.143. The summed E-state index contributed by atoms with van der Waals surface area (Å²) >= 11 is 2.22. The van der Waals surface area contributed by atoms with Crippen molar-refractivity contribution in [2.24, 2.45) is 0 Å². The van der Waals surface area contributed by atoms with Crippen LogP contribution in [0.15, 0.2) is 41.3 Å². The molecule has 0 saturated carbocycles. The van der Waals surface area contributed by atoms with Gasteiger partial charge in [0.25, 0.3) is 0 Å². The van der Waals surface area contributed by atoms with E-state index in [1.54, 1.807) is 18.2 Å². The van der Waals surface area contributed by atoms with E-state index in [0.717, 1.165) is 46.8 Å².